The lowest BCUT2D eigenvalue weighted by molar-refractivity contribution is -0.127. The molecule has 0 aliphatic carbocycles. The van der Waals surface area contributed by atoms with Crippen LogP contribution in [0.5, 0.6) is 0 Å². The SMILES string of the molecule is NCc1c(F)cccc1SCC(=O)N1CCCC1. The minimum absolute atomic E-state index is 0.129. The van der Waals surface area contributed by atoms with E-state index in [-0.39, 0.29) is 18.3 Å². The highest BCUT2D eigenvalue weighted by Gasteiger charge is 2.18. The van der Waals surface area contributed by atoms with Crippen LogP contribution in [-0.2, 0) is 11.3 Å². The molecule has 1 saturated heterocycles. The minimum atomic E-state index is -0.295. The first-order chi connectivity index (χ1) is 8.72. The number of halogens is 1. The zero-order valence-electron chi connectivity index (χ0n) is 10.2. The van der Waals surface area contributed by atoms with Gasteiger partial charge in [0.15, 0.2) is 0 Å². The molecule has 0 radical (unpaired) electrons. The Hall–Kier alpha value is -1.07. The zero-order chi connectivity index (χ0) is 13.0. The van der Waals surface area contributed by atoms with E-state index in [1.54, 1.807) is 6.07 Å². The third-order valence-corrected chi connectivity index (χ3v) is 4.17. The van der Waals surface area contributed by atoms with E-state index in [2.05, 4.69) is 0 Å². The lowest BCUT2D eigenvalue weighted by atomic mass is 10.2. The smallest absolute Gasteiger partial charge is 0.232 e. The summed E-state index contributed by atoms with van der Waals surface area (Å²) in [5.74, 6) is 0.192. The van der Waals surface area contributed by atoms with Crippen molar-refractivity contribution in [1.29, 1.82) is 0 Å². The van der Waals surface area contributed by atoms with E-state index in [1.807, 2.05) is 11.0 Å². The van der Waals surface area contributed by atoms with Gasteiger partial charge in [0.2, 0.25) is 5.91 Å². The standard InChI is InChI=1S/C13H17FN2OS/c14-11-4-3-5-12(10(11)8-15)18-9-13(17)16-6-1-2-7-16/h3-5H,1-2,6-9,15H2. The lowest BCUT2D eigenvalue weighted by Crippen LogP contribution is -2.29. The van der Waals surface area contributed by atoms with Crippen molar-refractivity contribution in [2.45, 2.75) is 24.3 Å². The molecule has 0 bridgehead atoms. The van der Waals surface area contributed by atoms with Gasteiger partial charge in [0.25, 0.3) is 0 Å². The average molecular weight is 268 g/mol. The maximum atomic E-state index is 13.5. The summed E-state index contributed by atoms with van der Waals surface area (Å²) < 4.78 is 13.5. The fourth-order valence-corrected chi connectivity index (χ4v) is 3.06. The van der Waals surface area contributed by atoms with Crippen LogP contribution in [0.25, 0.3) is 0 Å². The van der Waals surface area contributed by atoms with Crippen LogP contribution in [0.2, 0.25) is 0 Å². The van der Waals surface area contributed by atoms with Crippen molar-refractivity contribution in [3.63, 3.8) is 0 Å². The van der Waals surface area contributed by atoms with Gasteiger partial charge < -0.3 is 10.6 Å². The molecule has 2 N–H and O–H groups in total. The molecule has 2 rings (SSSR count). The predicted molar refractivity (Wildman–Crippen MR) is 70.8 cm³/mol. The van der Waals surface area contributed by atoms with E-state index < -0.39 is 0 Å². The van der Waals surface area contributed by atoms with Gasteiger partial charge in [0, 0.05) is 30.1 Å². The molecule has 1 aliphatic heterocycles. The predicted octanol–water partition coefficient (Wildman–Crippen LogP) is 2.00. The molecule has 1 fully saturated rings. The topological polar surface area (TPSA) is 46.3 Å². The highest BCUT2D eigenvalue weighted by molar-refractivity contribution is 8.00. The highest BCUT2D eigenvalue weighted by Crippen LogP contribution is 2.25. The second-order valence-electron chi connectivity index (χ2n) is 4.30. The Labute approximate surface area is 111 Å². The van der Waals surface area contributed by atoms with Gasteiger partial charge in [-0.2, -0.15) is 0 Å². The Morgan fingerprint density at radius 1 is 1.39 bits per heavy atom. The van der Waals surface area contributed by atoms with Gasteiger partial charge in [0.1, 0.15) is 5.82 Å². The molecular weight excluding hydrogens is 251 g/mol. The molecule has 5 heteroatoms. The van der Waals surface area contributed by atoms with Gasteiger partial charge >= 0.3 is 0 Å². The summed E-state index contributed by atoms with van der Waals surface area (Å²) in [5, 5.41) is 0. The van der Waals surface area contributed by atoms with Gasteiger partial charge in [-0.25, -0.2) is 4.39 Å². The van der Waals surface area contributed by atoms with Gasteiger partial charge in [-0.3, -0.25) is 4.79 Å². The largest absolute Gasteiger partial charge is 0.342 e. The van der Waals surface area contributed by atoms with E-state index in [0.29, 0.717) is 11.3 Å². The third kappa shape index (κ3) is 3.03. The molecule has 0 atom stereocenters. The van der Waals surface area contributed by atoms with Gasteiger partial charge in [-0.15, -0.1) is 11.8 Å². The molecule has 0 aromatic heterocycles. The van der Waals surface area contributed by atoms with Gasteiger partial charge in [-0.05, 0) is 25.0 Å². The number of carbonyl (C=O) groups excluding carboxylic acids is 1. The monoisotopic (exact) mass is 268 g/mol. The van der Waals surface area contributed by atoms with Crippen LogP contribution in [0, 0.1) is 5.82 Å². The quantitative estimate of drug-likeness (QED) is 0.850. The molecule has 1 aromatic carbocycles. The molecule has 1 amide bonds. The average Bonchev–Trinajstić information content (AvgIpc) is 2.90. The second kappa shape index (κ2) is 6.20. The van der Waals surface area contributed by atoms with Crippen molar-refractivity contribution in [3.8, 4) is 0 Å². The third-order valence-electron chi connectivity index (χ3n) is 3.09. The second-order valence-corrected chi connectivity index (χ2v) is 5.31. The van der Waals surface area contributed by atoms with Crippen LogP contribution in [0.1, 0.15) is 18.4 Å². The minimum Gasteiger partial charge on any atom is -0.342 e. The Morgan fingerprint density at radius 2 is 2.11 bits per heavy atom. The molecule has 0 unspecified atom stereocenters. The van der Waals surface area contributed by atoms with Crippen molar-refractivity contribution < 1.29 is 9.18 Å². The van der Waals surface area contributed by atoms with Crippen LogP contribution in [0.15, 0.2) is 23.1 Å². The van der Waals surface area contributed by atoms with Crippen LogP contribution < -0.4 is 5.73 Å². The van der Waals surface area contributed by atoms with E-state index in [1.165, 1.54) is 17.8 Å². The van der Waals surface area contributed by atoms with Gasteiger partial charge in [-0.1, -0.05) is 6.07 Å². The summed E-state index contributed by atoms with van der Waals surface area (Å²) in [6, 6.07) is 4.86. The fraction of sp³-hybridized carbons (Fsp3) is 0.462. The fourth-order valence-electron chi connectivity index (χ4n) is 2.07. The lowest BCUT2D eigenvalue weighted by Gasteiger charge is -2.15. The Balaban J connectivity index is 1.97. The summed E-state index contributed by atoms with van der Waals surface area (Å²) in [5.41, 5.74) is 6.03. The molecule has 1 aliphatic rings. The van der Waals surface area contributed by atoms with Crippen molar-refractivity contribution in [2.75, 3.05) is 18.8 Å². The van der Waals surface area contributed by atoms with Crippen LogP contribution in [0.4, 0.5) is 4.39 Å². The number of rotatable bonds is 4. The summed E-state index contributed by atoms with van der Waals surface area (Å²) >= 11 is 1.37. The Morgan fingerprint density at radius 3 is 2.78 bits per heavy atom. The number of nitrogens with two attached hydrogens (primary N) is 1. The van der Waals surface area contributed by atoms with Crippen LogP contribution >= 0.6 is 11.8 Å². The summed E-state index contributed by atoms with van der Waals surface area (Å²) in [7, 11) is 0. The summed E-state index contributed by atoms with van der Waals surface area (Å²) in [6.45, 7) is 1.87. The van der Waals surface area contributed by atoms with Crippen molar-refractivity contribution in [3.05, 3.63) is 29.6 Å². The first-order valence-corrected chi connectivity index (χ1v) is 7.09. The molecule has 0 spiro atoms. The van der Waals surface area contributed by atoms with E-state index in [9.17, 15) is 9.18 Å². The number of likely N-dealkylation sites (tertiary alicyclic amines) is 1. The first kappa shape index (κ1) is 13.4. The van der Waals surface area contributed by atoms with E-state index in [4.69, 9.17) is 5.73 Å². The number of hydrogen-bond acceptors (Lipinski definition) is 3. The molecule has 98 valence electrons. The molecule has 1 heterocycles. The van der Waals surface area contributed by atoms with Gasteiger partial charge in [0.05, 0.1) is 5.75 Å². The van der Waals surface area contributed by atoms with Crippen molar-refractivity contribution in [1.82, 2.24) is 4.90 Å². The molecule has 3 nitrogen and oxygen atoms in total. The number of carbonyl (C=O) groups is 1. The van der Waals surface area contributed by atoms with E-state index >= 15 is 0 Å². The maximum absolute atomic E-state index is 13.5. The van der Waals surface area contributed by atoms with Crippen LogP contribution in [0.3, 0.4) is 0 Å². The van der Waals surface area contributed by atoms with Crippen LogP contribution in [-0.4, -0.2) is 29.6 Å². The molecule has 1 aromatic rings. The normalized spacial score (nSPS) is 15.1. The summed E-state index contributed by atoms with van der Waals surface area (Å²) in [6.07, 6.45) is 2.18. The zero-order valence-corrected chi connectivity index (χ0v) is 11.0. The highest BCUT2D eigenvalue weighted by atomic mass is 32.2. The van der Waals surface area contributed by atoms with E-state index in [0.717, 1.165) is 30.8 Å². The number of nitrogens with zero attached hydrogens (tertiary/aromatic N) is 1. The molecule has 18 heavy (non-hydrogen) atoms. The molecule has 0 saturated carbocycles. The summed E-state index contributed by atoms with van der Waals surface area (Å²) in [4.78, 5) is 14.5. The first-order valence-electron chi connectivity index (χ1n) is 6.10. The number of hydrogen-bond donors (Lipinski definition) is 1. The number of benzene rings is 1. The number of amides is 1. The van der Waals surface area contributed by atoms with Crippen molar-refractivity contribution >= 4 is 17.7 Å². The maximum Gasteiger partial charge on any atom is 0.232 e. The Bertz CT molecular complexity index is 433. The van der Waals surface area contributed by atoms with Crippen molar-refractivity contribution in [2.24, 2.45) is 5.73 Å². The Kier molecular flexibility index (Phi) is 4.60. The molecular formula is C13H17FN2OS. The number of thioether (sulfide) groups is 1.